The van der Waals surface area contributed by atoms with Crippen LogP contribution in [0.3, 0.4) is 0 Å². The molecule has 0 aliphatic carbocycles. The van der Waals surface area contributed by atoms with Crippen LogP contribution in [-0.2, 0) is 0 Å². The molecule has 2 heteroatoms. The fraction of sp³-hybridized carbons (Fsp3) is 0.273. The van der Waals surface area contributed by atoms with E-state index >= 15 is 0 Å². The Hall–Kier alpha value is -1.18. The van der Waals surface area contributed by atoms with Gasteiger partial charge >= 0.3 is 0 Å². The third-order valence-electron chi connectivity index (χ3n) is 2.04. The molecular formula is C11H14BN. The van der Waals surface area contributed by atoms with Gasteiger partial charge in [0.1, 0.15) is 0 Å². The van der Waals surface area contributed by atoms with Crippen LogP contribution in [0.5, 0.6) is 0 Å². The zero-order valence-electron chi connectivity index (χ0n) is 8.25. The van der Waals surface area contributed by atoms with Crippen LogP contribution in [-0.4, -0.2) is 21.9 Å². The van der Waals surface area contributed by atoms with Crippen LogP contribution in [0.15, 0.2) is 30.8 Å². The highest BCUT2D eigenvalue weighted by Crippen LogP contribution is 2.18. The monoisotopic (exact) mass is 171 g/mol. The lowest BCUT2D eigenvalue weighted by molar-refractivity contribution is 1.13. The normalized spacial score (nSPS) is 9.69. The Labute approximate surface area is 81.5 Å². The number of benzene rings is 1. The van der Waals surface area contributed by atoms with Crippen LogP contribution in [0.2, 0.25) is 6.32 Å². The first kappa shape index (κ1) is 9.91. The molecule has 0 saturated carbocycles. The second-order valence-electron chi connectivity index (χ2n) is 3.25. The van der Waals surface area contributed by atoms with Crippen LogP contribution < -0.4 is 4.90 Å². The molecule has 0 aliphatic heterocycles. The highest BCUT2D eigenvalue weighted by Gasteiger charge is 1.97. The summed E-state index contributed by atoms with van der Waals surface area (Å²) in [5, 5.41) is 0. The molecule has 0 aromatic heterocycles. The van der Waals surface area contributed by atoms with Crippen molar-refractivity contribution in [1.29, 1.82) is 0 Å². The van der Waals surface area contributed by atoms with Gasteiger partial charge in [0.2, 0.25) is 0 Å². The maximum atomic E-state index is 5.49. The van der Waals surface area contributed by atoms with Gasteiger partial charge in [-0.25, -0.2) is 0 Å². The summed E-state index contributed by atoms with van der Waals surface area (Å²) in [6.07, 6.45) is 0.515. The zero-order valence-corrected chi connectivity index (χ0v) is 8.25. The van der Waals surface area contributed by atoms with E-state index in [9.17, 15) is 0 Å². The molecule has 0 spiro atoms. The van der Waals surface area contributed by atoms with Crippen molar-refractivity contribution in [2.75, 3.05) is 19.0 Å². The molecule has 0 saturated heterocycles. The van der Waals surface area contributed by atoms with Gasteiger partial charge in [-0.05, 0) is 17.7 Å². The first-order valence-electron chi connectivity index (χ1n) is 4.30. The Morgan fingerprint density at radius 1 is 1.31 bits per heavy atom. The van der Waals surface area contributed by atoms with Crippen molar-refractivity contribution in [3.8, 4) is 0 Å². The van der Waals surface area contributed by atoms with E-state index in [-0.39, 0.29) is 0 Å². The lowest BCUT2D eigenvalue weighted by Crippen LogP contribution is -2.08. The van der Waals surface area contributed by atoms with E-state index in [1.54, 1.807) is 0 Å². The van der Waals surface area contributed by atoms with Crippen molar-refractivity contribution < 1.29 is 0 Å². The van der Waals surface area contributed by atoms with Crippen LogP contribution >= 0.6 is 0 Å². The first-order chi connectivity index (χ1) is 6.15. The van der Waals surface area contributed by atoms with E-state index in [2.05, 4.69) is 23.6 Å². The average Bonchev–Trinajstić information content (AvgIpc) is 2.17. The number of hydrogen-bond acceptors (Lipinski definition) is 1. The third kappa shape index (κ3) is 2.38. The number of rotatable bonds is 3. The van der Waals surface area contributed by atoms with Crippen LogP contribution in [0.1, 0.15) is 5.56 Å². The molecule has 66 valence electrons. The summed E-state index contributed by atoms with van der Waals surface area (Å²) in [6.45, 7) is 3.88. The minimum absolute atomic E-state index is 0.515. The maximum absolute atomic E-state index is 5.49. The molecule has 13 heavy (non-hydrogen) atoms. The van der Waals surface area contributed by atoms with Crippen molar-refractivity contribution in [3.63, 3.8) is 0 Å². The molecular weight excluding hydrogens is 157 g/mol. The average molecular weight is 171 g/mol. The Balaban J connectivity index is 2.87. The van der Waals surface area contributed by atoms with E-state index < -0.39 is 0 Å². The summed E-state index contributed by atoms with van der Waals surface area (Å²) in [4.78, 5) is 2.06. The molecule has 0 aliphatic rings. The minimum Gasteiger partial charge on any atom is -0.378 e. The first-order valence-corrected chi connectivity index (χ1v) is 4.30. The van der Waals surface area contributed by atoms with Crippen molar-refractivity contribution in [2.24, 2.45) is 0 Å². The van der Waals surface area contributed by atoms with Crippen molar-refractivity contribution in [3.05, 3.63) is 36.4 Å². The lowest BCUT2D eigenvalue weighted by atomic mass is 9.93. The predicted octanol–water partition coefficient (Wildman–Crippen LogP) is 2.35. The van der Waals surface area contributed by atoms with Gasteiger partial charge in [-0.3, -0.25) is 0 Å². The van der Waals surface area contributed by atoms with E-state index in [1.165, 1.54) is 5.69 Å². The van der Waals surface area contributed by atoms with E-state index in [0.29, 0.717) is 6.32 Å². The smallest absolute Gasteiger partial charge is 0.0716 e. The Bertz CT molecular complexity index is 287. The van der Waals surface area contributed by atoms with Gasteiger partial charge in [0.15, 0.2) is 0 Å². The highest BCUT2D eigenvalue weighted by atomic mass is 15.1. The SMILES string of the molecule is [B]CC(=C)c1ccc(N(C)C)cc1. The van der Waals surface area contributed by atoms with Crippen LogP contribution in [0.25, 0.3) is 5.57 Å². The van der Waals surface area contributed by atoms with Crippen molar-refractivity contribution in [1.82, 2.24) is 0 Å². The Morgan fingerprint density at radius 3 is 2.23 bits per heavy atom. The summed E-state index contributed by atoms with van der Waals surface area (Å²) in [6, 6.07) is 8.22. The molecule has 0 fully saturated rings. The molecule has 0 bridgehead atoms. The number of allylic oxidation sites excluding steroid dienone is 1. The molecule has 0 unspecified atom stereocenters. The molecule has 1 nitrogen and oxygen atoms in total. The van der Waals surface area contributed by atoms with Gasteiger partial charge in [0, 0.05) is 19.8 Å². The molecule has 2 radical (unpaired) electrons. The molecule has 0 atom stereocenters. The quantitative estimate of drug-likeness (QED) is 0.631. The second kappa shape index (κ2) is 4.17. The van der Waals surface area contributed by atoms with Crippen molar-refractivity contribution >= 4 is 19.1 Å². The highest BCUT2D eigenvalue weighted by molar-refractivity contribution is 6.14. The maximum Gasteiger partial charge on any atom is 0.0716 e. The largest absolute Gasteiger partial charge is 0.378 e. The lowest BCUT2D eigenvalue weighted by Gasteiger charge is -2.12. The standard InChI is InChI=1S/C11H14BN/c1-9(8-12)10-4-6-11(7-5-10)13(2)3/h4-7H,1,8H2,2-3H3. The van der Waals surface area contributed by atoms with E-state index in [1.807, 2.05) is 26.2 Å². The minimum atomic E-state index is 0.515. The van der Waals surface area contributed by atoms with E-state index in [0.717, 1.165) is 11.1 Å². The van der Waals surface area contributed by atoms with Gasteiger partial charge in [-0.2, -0.15) is 0 Å². The Kier molecular flexibility index (Phi) is 3.18. The summed E-state index contributed by atoms with van der Waals surface area (Å²) in [5.41, 5.74) is 3.28. The number of anilines is 1. The fourth-order valence-corrected chi connectivity index (χ4v) is 1.11. The van der Waals surface area contributed by atoms with Crippen LogP contribution in [0, 0.1) is 0 Å². The third-order valence-corrected chi connectivity index (χ3v) is 2.04. The van der Waals surface area contributed by atoms with Gasteiger partial charge < -0.3 is 4.90 Å². The number of nitrogens with zero attached hydrogens (tertiary/aromatic N) is 1. The Morgan fingerprint density at radius 2 is 1.85 bits per heavy atom. The van der Waals surface area contributed by atoms with Gasteiger partial charge in [-0.1, -0.05) is 30.6 Å². The predicted molar refractivity (Wildman–Crippen MR) is 60.4 cm³/mol. The molecule has 0 heterocycles. The molecule has 0 amide bonds. The summed E-state index contributed by atoms with van der Waals surface area (Å²) in [5.74, 6) is 0. The van der Waals surface area contributed by atoms with Gasteiger partial charge in [0.25, 0.3) is 0 Å². The summed E-state index contributed by atoms with van der Waals surface area (Å²) >= 11 is 0. The molecule has 1 aromatic carbocycles. The molecule has 1 rings (SSSR count). The van der Waals surface area contributed by atoms with Gasteiger partial charge in [-0.15, -0.1) is 0 Å². The topological polar surface area (TPSA) is 3.24 Å². The van der Waals surface area contributed by atoms with E-state index in [4.69, 9.17) is 7.85 Å². The van der Waals surface area contributed by atoms with Crippen LogP contribution in [0.4, 0.5) is 5.69 Å². The fourth-order valence-electron chi connectivity index (χ4n) is 1.11. The number of hydrogen-bond donors (Lipinski definition) is 0. The summed E-state index contributed by atoms with van der Waals surface area (Å²) in [7, 11) is 9.53. The molecule has 1 aromatic rings. The van der Waals surface area contributed by atoms with Gasteiger partial charge in [0.05, 0.1) is 7.85 Å². The second-order valence-corrected chi connectivity index (χ2v) is 3.25. The van der Waals surface area contributed by atoms with Crippen molar-refractivity contribution in [2.45, 2.75) is 6.32 Å². The molecule has 0 N–H and O–H groups in total. The summed E-state index contributed by atoms with van der Waals surface area (Å²) < 4.78 is 0. The zero-order chi connectivity index (χ0) is 9.84.